The maximum Gasteiger partial charge on any atom is 0.261 e. The lowest BCUT2D eigenvalue weighted by molar-refractivity contribution is -0.125. The molecule has 2 aromatic carbocycles. The average Bonchev–Trinajstić information content (AvgIpc) is 3.15. The Morgan fingerprint density at radius 1 is 1.15 bits per heavy atom. The van der Waals surface area contributed by atoms with Crippen molar-refractivity contribution < 1.29 is 14.4 Å². The molecule has 1 saturated heterocycles. The van der Waals surface area contributed by atoms with Crippen LogP contribution in [-0.4, -0.2) is 47.8 Å². The minimum atomic E-state index is -0.653. The zero-order valence-electron chi connectivity index (χ0n) is 23.5. The number of carbonyl (C=O) groups is 3. The van der Waals surface area contributed by atoms with Crippen LogP contribution in [0, 0.1) is 5.92 Å². The van der Waals surface area contributed by atoms with Crippen molar-refractivity contribution in [2.45, 2.75) is 45.6 Å². The van der Waals surface area contributed by atoms with Gasteiger partial charge in [0.05, 0.1) is 11.3 Å². The fourth-order valence-corrected chi connectivity index (χ4v) is 5.76. The van der Waals surface area contributed by atoms with Crippen LogP contribution in [0.25, 0.3) is 11.3 Å². The number of nitrogens with one attached hydrogen (secondary N) is 2. The summed E-state index contributed by atoms with van der Waals surface area (Å²) in [5.74, 6) is 5.72. The van der Waals surface area contributed by atoms with Gasteiger partial charge in [0.15, 0.2) is 0 Å². The van der Waals surface area contributed by atoms with Crippen molar-refractivity contribution in [1.29, 1.82) is 0 Å². The summed E-state index contributed by atoms with van der Waals surface area (Å²) >= 11 is 0. The lowest BCUT2D eigenvalue weighted by atomic mass is 9.90. The molecule has 0 bridgehead atoms. The Balaban J connectivity index is 1.61. The van der Waals surface area contributed by atoms with Crippen LogP contribution in [0.2, 0.25) is 0 Å². The molecule has 5 rings (SSSR count). The van der Waals surface area contributed by atoms with Gasteiger partial charge in [0.2, 0.25) is 11.8 Å². The number of fused-ring (bicyclic) bond motifs is 2. The molecule has 0 saturated carbocycles. The number of amides is 3. The fraction of sp³-hybridized carbons (Fsp3) is 0.323. The highest BCUT2D eigenvalue weighted by atomic mass is 16.2. The summed E-state index contributed by atoms with van der Waals surface area (Å²) in [6, 6.07) is 9.00. The van der Waals surface area contributed by atoms with Crippen LogP contribution >= 0.6 is 0 Å². The van der Waals surface area contributed by atoms with Crippen molar-refractivity contribution in [3.63, 3.8) is 0 Å². The number of piperidine rings is 1. The quantitative estimate of drug-likeness (QED) is 0.371. The van der Waals surface area contributed by atoms with Crippen molar-refractivity contribution in [3.05, 3.63) is 77.6 Å². The molecule has 3 amide bonds. The van der Waals surface area contributed by atoms with Crippen LogP contribution in [0.15, 0.2) is 55.4 Å². The molecule has 3 aliphatic rings. The van der Waals surface area contributed by atoms with Gasteiger partial charge in [-0.1, -0.05) is 39.1 Å². The van der Waals surface area contributed by atoms with Gasteiger partial charge in [-0.25, -0.2) is 5.84 Å². The second-order valence-electron chi connectivity index (χ2n) is 11.0. The van der Waals surface area contributed by atoms with E-state index in [-0.39, 0.29) is 23.6 Å². The first kappa shape index (κ1) is 27.2. The maximum atomic E-state index is 13.9. The first-order valence-corrected chi connectivity index (χ1v) is 13.5. The number of hydrogen-bond donors (Lipinski definition) is 3. The molecule has 0 aromatic heterocycles. The van der Waals surface area contributed by atoms with Crippen molar-refractivity contribution in [1.82, 2.24) is 15.2 Å². The van der Waals surface area contributed by atoms with E-state index in [0.29, 0.717) is 53.9 Å². The zero-order chi connectivity index (χ0) is 28.9. The summed E-state index contributed by atoms with van der Waals surface area (Å²) < 4.78 is 0. The number of hydrogen-bond acceptors (Lipinski definition) is 6. The molecule has 2 aromatic rings. The molecular formula is C31H36N6O3. The number of rotatable bonds is 6. The molecule has 0 aliphatic carbocycles. The number of nitrogens with zero attached hydrogens (tertiary/aromatic N) is 3. The van der Waals surface area contributed by atoms with Crippen molar-refractivity contribution in [3.8, 4) is 0 Å². The molecule has 4 N–H and O–H groups in total. The Kier molecular flexibility index (Phi) is 7.01. The summed E-state index contributed by atoms with van der Waals surface area (Å²) in [5.41, 5.74) is 7.50. The monoisotopic (exact) mass is 540 g/mol. The molecule has 0 radical (unpaired) electrons. The Bertz CT molecular complexity index is 1490. The van der Waals surface area contributed by atoms with Gasteiger partial charge in [-0.2, -0.15) is 0 Å². The number of hydrazine groups is 1. The van der Waals surface area contributed by atoms with E-state index in [0.717, 1.165) is 28.1 Å². The highest BCUT2D eigenvalue weighted by molar-refractivity contribution is 6.15. The Morgan fingerprint density at radius 3 is 2.58 bits per heavy atom. The van der Waals surface area contributed by atoms with Crippen LogP contribution in [0.3, 0.4) is 0 Å². The standard InChI is InChI=1S/C31H36N6O3/c1-17(2)23(16-35(5)32)22-14-20-11-13-28(38)36(6)27(20)15-25(22)34-24-9-7-8-21-19(4)37(31(40)29(21)24)26-12-10-18(3)33-30(26)39/h7-9,14-17,26,34H,3-4,10-13,32H2,1-2,5-6H3,(H,33,39)/b23-16+. The third-order valence-corrected chi connectivity index (χ3v) is 7.84. The van der Waals surface area contributed by atoms with Gasteiger partial charge in [-0.3, -0.25) is 19.3 Å². The number of benzene rings is 2. The largest absolute Gasteiger partial charge is 0.354 e. The molecule has 9 heteroatoms. The van der Waals surface area contributed by atoms with Gasteiger partial charge in [0.1, 0.15) is 6.04 Å². The molecule has 9 nitrogen and oxygen atoms in total. The molecule has 1 fully saturated rings. The lowest BCUT2D eigenvalue weighted by Gasteiger charge is -2.31. The molecular weight excluding hydrogens is 504 g/mol. The van der Waals surface area contributed by atoms with Gasteiger partial charge >= 0.3 is 0 Å². The minimum absolute atomic E-state index is 0.0590. The van der Waals surface area contributed by atoms with Gasteiger partial charge in [-0.15, -0.1) is 0 Å². The molecule has 3 aliphatic heterocycles. The number of anilines is 3. The molecule has 40 heavy (non-hydrogen) atoms. The second kappa shape index (κ2) is 10.3. The van der Waals surface area contributed by atoms with E-state index < -0.39 is 6.04 Å². The summed E-state index contributed by atoms with van der Waals surface area (Å²) in [6.07, 6.45) is 4.08. The Labute approximate surface area is 235 Å². The fourth-order valence-electron chi connectivity index (χ4n) is 5.76. The van der Waals surface area contributed by atoms with Crippen LogP contribution in [0.5, 0.6) is 0 Å². The smallest absolute Gasteiger partial charge is 0.261 e. The maximum absolute atomic E-state index is 13.9. The summed E-state index contributed by atoms with van der Waals surface area (Å²) in [7, 11) is 3.56. The minimum Gasteiger partial charge on any atom is -0.354 e. The van der Waals surface area contributed by atoms with Gasteiger partial charge in [0, 0.05) is 60.6 Å². The molecule has 0 spiro atoms. The van der Waals surface area contributed by atoms with E-state index >= 15 is 0 Å². The predicted octanol–water partition coefficient (Wildman–Crippen LogP) is 4.36. The van der Waals surface area contributed by atoms with E-state index in [1.54, 1.807) is 19.0 Å². The summed E-state index contributed by atoms with van der Waals surface area (Å²) in [5, 5.41) is 7.82. The molecule has 1 atom stereocenters. The third kappa shape index (κ3) is 4.66. The number of allylic oxidation sites excluding steroid dienone is 2. The second-order valence-corrected chi connectivity index (χ2v) is 11.0. The SMILES string of the molecule is C=C1CCC(N2C(=C)c3cccc(Nc4cc5c(cc4/C(=C/N(C)N)C(C)C)CCC(=O)N5C)c3C2=O)C(=O)N1. The number of carbonyl (C=O) groups excluding carboxylic acids is 3. The van der Waals surface area contributed by atoms with Crippen molar-refractivity contribution >= 4 is 46.1 Å². The van der Waals surface area contributed by atoms with E-state index in [4.69, 9.17) is 5.84 Å². The third-order valence-electron chi connectivity index (χ3n) is 7.84. The van der Waals surface area contributed by atoms with E-state index in [1.165, 1.54) is 9.91 Å². The predicted molar refractivity (Wildman–Crippen MR) is 158 cm³/mol. The molecule has 1 unspecified atom stereocenters. The van der Waals surface area contributed by atoms with Gasteiger partial charge < -0.3 is 20.5 Å². The first-order chi connectivity index (χ1) is 19.0. The number of nitrogens with two attached hydrogens (primary N) is 1. The van der Waals surface area contributed by atoms with Crippen molar-refractivity contribution in [2.24, 2.45) is 11.8 Å². The number of aryl methyl sites for hydroxylation is 1. The topological polar surface area (TPSA) is 111 Å². The van der Waals surface area contributed by atoms with Gasteiger partial charge in [-0.05, 0) is 54.5 Å². The van der Waals surface area contributed by atoms with E-state index in [9.17, 15) is 14.4 Å². The molecule has 3 heterocycles. The van der Waals surface area contributed by atoms with Crippen LogP contribution in [0.4, 0.5) is 17.1 Å². The Morgan fingerprint density at radius 2 is 1.90 bits per heavy atom. The molecule has 208 valence electrons. The lowest BCUT2D eigenvalue weighted by Crippen LogP contribution is -2.49. The van der Waals surface area contributed by atoms with Crippen molar-refractivity contribution in [2.75, 3.05) is 24.3 Å². The summed E-state index contributed by atoms with van der Waals surface area (Å²) in [4.78, 5) is 42.4. The highest BCUT2D eigenvalue weighted by Gasteiger charge is 2.42. The van der Waals surface area contributed by atoms with E-state index in [2.05, 4.69) is 43.7 Å². The summed E-state index contributed by atoms with van der Waals surface area (Å²) in [6.45, 7) is 12.2. The van der Waals surface area contributed by atoms with Crippen LogP contribution in [-0.2, 0) is 16.0 Å². The Hall–Kier alpha value is -4.37. The average molecular weight is 541 g/mol. The zero-order valence-corrected chi connectivity index (χ0v) is 23.5. The van der Waals surface area contributed by atoms with Crippen LogP contribution < -0.4 is 21.4 Å². The normalized spacial score (nSPS) is 19.2. The van der Waals surface area contributed by atoms with Crippen LogP contribution in [0.1, 0.15) is 60.2 Å². The van der Waals surface area contributed by atoms with E-state index in [1.807, 2.05) is 30.5 Å². The van der Waals surface area contributed by atoms with Gasteiger partial charge in [0.25, 0.3) is 5.91 Å². The highest BCUT2D eigenvalue weighted by Crippen LogP contribution is 2.43. The first-order valence-electron chi connectivity index (χ1n) is 13.5.